The predicted octanol–water partition coefficient (Wildman–Crippen LogP) is 0.903. The Balaban J connectivity index is 2.40. The van der Waals surface area contributed by atoms with Crippen LogP contribution in [0.4, 0.5) is 0 Å². The van der Waals surface area contributed by atoms with Crippen LogP contribution < -0.4 is 10.4 Å². The Kier molecular flexibility index (Phi) is 1.57. The summed E-state index contributed by atoms with van der Waals surface area (Å²) in [6.45, 7) is 0. The van der Waals surface area contributed by atoms with Gasteiger partial charge in [0.05, 0.1) is 6.26 Å². The third kappa shape index (κ3) is 1.02. The van der Waals surface area contributed by atoms with Crippen LogP contribution in [0.25, 0.3) is 11.8 Å². The molecule has 0 fully saturated rings. The lowest BCUT2D eigenvalue weighted by molar-refractivity contribution is 0.275. The molecular weight excluding hydrogens is 172 g/mol. The first-order chi connectivity index (χ1) is 6.95. The largest absolute Gasteiger partial charge is 0.489 e. The summed E-state index contributed by atoms with van der Waals surface area (Å²) in [5.74, 6) is 0. The van der Waals surface area contributed by atoms with Gasteiger partial charge in [0.25, 0.3) is 0 Å². The van der Waals surface area contributed by atoms with Crippen LogP contribution in [0.1, 0.15) is 0 Å². The summed E-state index contributed by atoms with van der Waals surface area (Å²) < 4.78 is 5.59. The average molecular weight is 181 g/mol. The minimum absolute atomic E-state index is 0.0751. The molecule has 3 rings (SSSR count). The van der Waals surface area contributed by atoms with Crippen LogP contribution in [0.5, 0.6) is 0 Å². The predicted molar refractivity (Wildman–Crippen MR) is 55.4 cm³/mol. The van der Waals surface area contributed by atoms with Crippen molar-refractivity contribution in [3.05, 3.63) is 59.0 Å². The van der Waals surface area contributed by atoms with Crippen molar-refractivity contribution in [1.82, 2.24) is 0 Å². The lowest BCUT2D eigenvalue weighted by Gasteiger charge is -2.19. The van der Waals surface area contributed by atoms with E-state index in [9.17, 15) is 0 Å². The highest BCUT2D eigenvalue weighted by Crippen LogP contribution is 2.15. The van der Waals surface area contributed by atoms with Gasteiger partial charge in [-0.25, -0.2) is 0 Å². The molecule has 0 N–H and O–H groups in total. The molecule has 0 saturated carbocycles. The van der Waals surface area contributed by atoms with E-state index in [2.05, 4.69) is 18.2 Å². The van der Waals surface area contributed by atoms with Crippen LogP contribution in [0, 0.1) is 6.08 Å². The fourth-order valence-electron chi connectivity index (χ4n) is 1.83. The molecule has 1 nitrogen and oxygen atoms in total. The maximum Gasteiger partial charge on any atom is 0.142 e. The zero-order chi connectivity index (χ0) is 9.38. The molecule has 0 aromatic heterocycles. The summed E-state index contributed by atoms with van der Waals surface area (Å²) in [6, 6.07) is 8.25. The maximum atomic E-state index is 5.59. The molecule has 0 spiro atoms. The van der Waals surface area contributed by atoms with Crippen molar-refractivity contribution in [3.63, 3.8) is 0 Å². The number of ether oxygens (including phenoxy) is 1. The molecule has 0 amide bonds. The van der Waals surface area contributed by atoms with Crippen molar-refractivity contribution < 1.29 is 4.74 Å². The number of benzene rings is 1. The van der Waals surface area contributed by atoms with E-state index in [0.29, 0.717) is 0 Å². The van der Waals surface area contributed by atoms with E-state index in [0.717, 1.165) is 5.22 Å². The third-order valence-corrected chi connectivity index (χ3v) is 2.53. The molecular formula is C13H9O. The Morgan fingerprint density at radius 2 is 2.14 bits per heavy atom. The number of fused-ring (bicyclic) bond motifs is 2. The number of hydrogen-bond donors (Lipinski definition) is 0. The molecule has 1 aromatic rings. The fraction of sp³-hybridized carbons (Fsp3) is 0.0769. The lowest BCUT2D eigenvalue weighted by atomic mass is 9.99. The summed E-state index contributed by atoms with van der Waals surface area (Å²) in [6.07, 6.45) is 10.9. The first-order valence-electron chi connectivity index (χ1n) is 4.66. The first kappa shape index (κ1) is 7.63. The Morgan fingerprint density at radius 1 is 1.21 bits per heavy atom. The van der Waals surface area contributed by atoms with Gasteiger partial charge >= 0.3 is 0 Å². The Bertz CT molecular complexity index is 535. The zero-order valence-electron chi connectivity index (χ0n) is 7.60. The lowest BCUT2D eigenvalue weighted by Crippen LogP contribution is -2.35. The topological polar surface area (TPSA) is 9.23 Å². The van der Waals surface area contributed by atoms with Crippen LogP contribution in [0.2, 0.25) is 0 Å². The molecule has 1 unspecified atom stereocenters. The first-order valence-corrected chi connectivity index (χ1v) is 4.66. The maximum absolute atomic E-state index is 5.59. The Morgan fingerprint density at radius 3 is 3.14 bits per heavy atom. The van der Waals surface area contributed by atoms with E-state index >= 15 is 0 Å². The summed E-state index contributed by atoms with van der Waals surface area (Å²) >= 11 is 0. The number of allylic oxidation sites excluding steroid dienone is 2. The van der Waals surface area contributed by atoms with Crippen molar-refractivity contribution in [2.45, 2.75) is 6.10 Å². The zero-order valence-corrected chi connectivity index (χ0v) is 7.60. The van der Waals surface area contributed by atoms with E-state index in [1.807, 2.05) is 36.6 Å². The fourth-order valence-corrected chi connectivity index (χ4v) is 1.83. The average Bonchev–Trinajstić information content (AvgIpc) is 2.29. The number of rotatable bonds is 0. The smallest absolute Gasteiger partial charge is 0.142 e. The highest BCUT2D eigenvalue weighted by Gasteiger charge is 2.15. The second-order valence-corrected chi connectivity index (χ2v) is 3.39. The van der Waals surface area contributed by atoms with Crippen molar-refractivity contribution in [2.24, 2.45) is 0 Å². The van der Waals surface area contributed by atoms with Gasteiger partial charge in [0.1, 0.15) is 6.10 Å². The molecule has 0 bridgehead atoms. The van der Waals surface area contributed by atoms with Gasteiger partial charge in [-0.1, -0.05) is 30.3 Å². The van der Waals surface area contributed by atoms with E-state index in [4.69, 9.17) is 4.74 Å². The molecule has 0 saturated heterocycles. The van der Waals surface area contributed by atoms with Crippen molar-refractivity contribution >= 4 is 11.8 Å². The summed E-state index contributed by atoms with van der Waals surface area (Å²) in [5, 5.41) is 2.40. The van der Waals surface area contributed by atoms with Crippen LogP contribution >= 0.6 is 0 Å². The van der Waals surface area contributed by atoms with Crippen LogP contribution in [-0.4, -0.2) is 6.10 Å². The molecule has 67 valence electrons. The van der Waals surface area contributed by atoms with Gasteiger partial charge in [-0.15, -0.1) is 0 Å². The van der Waals surface area contributed by atoms with Gasteiger partial charge < -0.3 is 4.74 Å². The van der Waals surface area contributed by atoms with Crippen LogP contribution in [-0.2, 0) is 4.74 Å². The third-order valence-electron chi connectivity index (χ3n) is 2.53. The van der Waals surface area contributed by atoms with Crippen molar-refractivity contribution in [2.75, 3.05) is 0 Å². The molecule has 1 aliphatic carbocycles. The molecule has 1 radical (unpaired) electrons. The monoisotopic (exact) mass is 181 g/mol. The molecule has 1 aliphatic heterocycles. The van der Waals surface area contributed by atoms with Crippen LogP contribution in [0.15, 0.2) is 42.5 Å². The van der Waals surface area contributed by atoms with E-state index in [1.54, 1.807) is 0 Å². The molecule has 1 atom stereocenters. The second-order valence-electron chi connectivity index (χ2n) is 3.39. The van der Waals surface area contributed by atoms with Gasteiger partial charge in [0.15, 0.2) is 0 Å². The summed E-state index contributed by atoms with van der Waals surface area (Å²) in [5.41, 5.74) is 1.20. The van der Waals surface area contributed by atoms with Crippen molar-refractivity contribution in [3.8, 4) is 0 Å². The van der Waals surface area contributed by atoms with Crippen LogP contribution in [0.3, 0.4) is 0 Å². The SMILES string of the molecule is [C]1=CC2=c3ccccc3=COC2C=C1. The molecule has 1 heterocycles. The minimum atomic E-state index is 0.0751. The number of hydrogen-bond acceptors (Lipinski definition) is 1. The molecule has 2 aliphatic rings. The van der Waals surface area contributed by atoms with E-state index in [1.165, 1.54) is 10.8 Å². The van der Waals surface area contributed by atoms with Gasteiger partial charge in [0, 0.05) is 10.8 Å². The molecule has 14 heavy (non-hydrogen) atoms. The van der Waals surface area contributed by atoms with E-state index in [-0.39, 0.29) is 6.10 Å². The van der Waals surface area contributed by atoms with Gasteiger partial charge in [-0.2, -0.15) is 0 Å². The van der Waals surface area contributed by atoms with Gasteiger partial charge in [0.2, 0.25) is 0 Å². The van der Waals surface area contributed by atoms with E-state index < -0.39 is 0 Å². The Labute approximate surface area is 82.3 Å². The summed E-state index contributed by atoms with van der Waals surface area (Å²) in [4.78, 5) is 0. The highest BCUT2D eigenvalue weighted by atomic mass is 16.5. The second kappa shape index (κ2) is 2.88. The van der Waals surface area contributed by atoms with Gasteiger partial charge in [-0.3, -0.25) is 0 Å². The quantitative estimate of drug-likeness (QED) is 0.578. The normalized spacial score (nSPS) is 22.0. The Hall–Kier alpha value is -1.76. The van der Waals surface area contributed by atoms with Crippen molar-refractivity contribution in [1.29, 1.82) is 0 Å². The highest BCUT2D eigenvalue weighted by molar-refractivity contribution is 5.66. The standard InChI is InChI=1S/C13H9O/c1-2-6-11-10(5-1)9-14-13-8-4-3-7-12(11)13/h1-2,4-9,13H. The molecule has 1 aromatic carbocycles. The minimum Gasteiger partial charge on any atom is -0.489 e. The van der Waals surface area contributed by atoms with Gasteiger partial charge in [-0.05, 0) is 23.4 Å². The molecule has 1 heteroatoms. The summed E-state index contributed by atoms with van der Waals surface area (Å²) in [7, 11) is 0.